The molecule has 0 aliphatic carbocycles. The van der Waals surface area contributed by atoms with Gasteiger partial charge in [0.1, 0.15) is 11.5 Å². The first-order chi connectivity index (χ1) is 9.95. The number of halogens is 1. The van der Waals surface area contributed by atoms with Crippen molar-refractivity contribution in [1.29, 1.82) is 0 Å². The number of hydrogen-bond acceptors (Lipinski definition) is 3. The van der Waals surface area contributed by atoms with Gasteiger partial charge in [0.25, 0.3) is 0 Å². The predicted molar refractivity (Wildman–Crippen MR) is 83.2 cm³/mol. The predicted octanol–water partition coefficient (Wildman–Crippen LogP) is 4.25. The second kappa shape index (κ2) is 6.64. The van der Waals surface area contributed by atoms with E-state index in [4.69, 9.17) is 21.1 Å². The van der Waals surface area contributed by atoms with E-state index in [9.17, 15) is 4.79 Å². The van der Waals surface area contributed by atoms with Gasteiger partial charge in [-0.15, -0.1) is 0 Å². The number of aryl methyl sites for hydroxylation is 3. The second-order valence-corrected chi connectivity index (χ2v) is 5.38. The van der Waals surface area contributed by atoms with Gasteiger partial charge in [-0.1, -0.05) is 23.7 Å². The molecule has 0 bridgehead atoms. The summed E-state index contributed by atoms with van der Waals surface area (Å²) in [6.45, 7) is 5.57. The zero-order valence-corrected chi connectivity index (χ0v) is 13.0. The lowest BCUT2D eigenvalue weighted by atomic mass is 10.1. The van der Waals surface area contributed by atoms with E-state index in [1.807, 2.05) is 39.0 Å². The van der Waals surface area contributed by atoms with Crippen LogP contribution in [-0.4, -0.2) is 12.6 Å². The molecule has 0 aliphatic heterocycles. The Balaban J connectivity index is 1.97. The zero-order chi connectivity index (χ0) is 15.4. The molecule has 2 aromatic rings. The van der Waals surface area contributed by atoms with Crippen molar-refractivity contribution in [2.75, 3.05) is 6.61 Å². The Morgan fingerprint density at radius 2 is 1.76 bits per heavy atom. The van der Waals surface area contributed by atoms with Crippen LogP contribution in [0.15, 0.2) is 36.4 Å². The minimum atomic E-state index is -0.432. The topological polar surface area (TPSA) is 35.5 Å². The van der Waals surface area contributed by atoms with Crippen molar-refractivity contribution in [3.8, 4) is 11.5 Å². The Kier molecular flexibility index (Phi) is 4.86. The number of hydrogen-bond donors (Lipinski definition) is 0. The molecular weight excluding hydrogens is 288 g/mol. The minimum Gasteiger partial charge on any atom is -0.482 e. The van der Waals surface area contributed by atoms with Crippen LogP contribution in [0.25, 0.3) is 0 Å². The van der Waals surface area contributed by atoms with Crippen LogP contribution >= 0.6 is 11.6 Å². The Morgan fingerprint density at radius 3 is 2.48 bits per heavy atom. The summed E-state index contributed by atoms with van der Waals surface area (Å²) >= 11 is 5.87. The molecule has 0 saturated carbocycles. The van der Waals surface area contributed by atoms with Gasteiger partial charge in [-0.05, 0) is 61.7 Å². The van der Waals surface area contributed by atoms with Crippen LogP contribution in [0.1, 0.15) is 16.7 Å². The highest BCUT2D eigenvalue weighted by atomic mass is 35.5. The summed E-state index contributed by atoms with van der Waals surface area (Å²) in [5.41, 5.74) is 2.83. The van der Waals surface area contributed by atoms with E-state index in [2.05, 4.69) is 0 Å². The van der Waals surface area contributed by atoms with Crippen molar-refractivity contribution in [3.05, 3.63) is 58.1 Å². The number of carbonyl (C=O) groups is 1. The van der Waals surface area contributed by atoms with Gasteiger partial charge in [-0.2, -0.15) is 0 Å². The maximum absolute atomic E-state index is 11.9. The lowest BCUT2D eigenvalue weighted by Gasteiger charge is -2.11. The maximum atomic E-state index is 11.9. The maximum Gasteiger partial charge on any atom is 0.349 e. The quantitative estimate of drug-likeness (QED) is 0.626. The molecule has 4 heteroatoms. The SMILES string of the molecule is Cc1ccc(C)c(OC(=O)COc2ccc(Cl)cc2C)c1. The van der Waals surface area contributed by atoms with E-state index in [0.717, 1.165) is 16.7 Å². The summed E-state index contributed by atoms with van der Waals surface area (Å²) in [6, 6.07) is 11.0. The van der Waals surface area contributed by atoms with Crippen molar-refractivity contribution < 1.29 is 14.3 Å². The van der Waals surface area contributed by atoms with Gasteiger partial charge >= 0.3 is 5.97 Å². The average Bonchev–Trinajstić information content (AvgIpc) is 2.42. The third-order valence-electron chi connectivity index (χ3n) is 3.05. The van der Waals surface area contributed by atoms with Crippen LogP contribution < -0.4 is 9.47 Å². The fraction of sp³-hybridized carbons (Fsp3) is 0.235. The van der Waals surface area contributed by atoms with Crippen LogP contribution in [0.3, 0.4) is 0 Å². The molecule has 21 heavy (non-hydrogen) atoms. The molecule has 0 unspecified atom stereocenters. The number of ether oxygens (including phenoxy) is 2. The van der Waals surface area contributed by atoms with Crippen LogP contribution in [0.5, 0.6) is 11.5 Å². The van der Waals surface area contributed by atoms with Gasteiger partial charge < -0.3 is 9.47 Å². The molecule has 0 N–H and O–H groups in total. The highest BCUT2D eigenvalue weighted by Crippen LogP contribution is 2.22. The van der Waals surface area contributed by atoms with E-state index in [1.165, 1.54) is 0 Å². The molecule has 110 valence electrons. The van der Waals surface area contributed by atoms with Crippen LogP contribution in [0.4, 0.5) is 0 Å². The van der Waals surface area contributed by atoms with Crippen LogP contribution in [0, 0.1) is 20.8 Å². The first-order valence-corrected chi connectivity index (χ1v) is 7.00. The third kappa shape index (κ3) is 4.23. The first-order valence-electron chi connectivity index (χ1n) is 6.62. The molecule has 3 nitrogen and oxygen atoms in total. The molecule has 0 aromatic heterocycles. The Labute approximate surface area is 129 Å². The van der Waals surface area contributed by atoms with E-state index in [-0.39, 0.29) is 6.61 Å². The Morgan fingerprint density at radius 1 is 1.00 bits per heavy atom. The molecule has 0 saturated heterocycles. The van der Waals surface area contributed by atoms with Gasteiger partial charge in [-0.25, -0.2) is 4.79 Å². The normalized spacial score (nSPS) is 10.3. The molecule has 0 amide bonds. The van der Waals surface area contributed by atoms with Crippen molar-refractivity contribution in [3.63, 3.8) is 0 Å². The molecule has 0 heterocycles. The fourth-order valence-electron chi connectivity index (χ4n) is 1.88. The van der Waals surface area contributed by atoms with E-state index < -0.39 is 5.97 Å². The molecule has 0 radical (unpaired) electrons. The van der Waals surface area contributed by atoms with Crippen LogP contribution in [0.2, 0.25) is 5.02 Å². The molecule has 2 rings (SSSR count). The number of carbonyl (C=O) groups excluding carboxylic acids is 1. The summed E-state index contributed by atoms with van der Waals surface area (Å²) in [5.74, 6) is 0.756. The smallest absolute Gasteiger partial charge is 0.349 e. The molecule has 0 fully saturated rings. The summed E-state index contributed by atoms with van der Waals surface area (Å²) in [4.78, 5) is 11.9. The highest BCUT2D eigenvalue weighted by molar-refractivity contribution is 6.30. The minimum absolute atomic E-state index is 0.143. The van der Waals surface area contributed by atoms with E-state index in [0.29, 0.717) is 16.5 Å². The molecule has 0 atom stereocenters. The standard InChI is InChI=1S/C17H17ClO3/c1-11-4-5-12(2)16(8-11)21-17(19)10-20-15-7-6-14(18)9-13(15)3/h4-9H,10H2,1-3H3. The summed E-state index contributed by atoms with van der Waals surface area (Å²) in [5, 5.41) is 0.637. The summed E-state index contributed by atoms with van der Waals surface area (Å²) in [7, 11) is 0. The second-order valence-electron chi connectivity index (χ2n) is 4.94. The summed E-state index contributed by atoms with van der Waals surface area (Å²) < 4.78 is 10.8. The summed E-state index contributed by atoms with van der Waals surface area (Å²) in [6.07, 6.45) is 0. The monoisotopic (exact) mass is 304 g/mol. The van der Waals surface area contributed by atoms with Gasteiger partial charge in [0, 0.05) is 5.02 Å². The van der Waals surface area contributed by atoms with Gasteiger partial charge in [0.15, 0.2) is 6.61 Å². The van der Waals surface area contributed by atoms with Crippen LogP contribution in [-0.2, 0) is 4.79 Å². The molecular formula is C17H17ClO3. The number of benzene rings is 2. The third-order valence-corrected chi connectivity index (χ3v) is 3.29. The zero-order valence-electron chi connectivity index (χ0n) is 12.3. The van der Waals surface area contributed by atoms with Crippen molar-refractivity contribution in [2.24, 2.45) is 0 Å². The lowest BCUT2D eigenvalue weighted by Crippen LogP contribution is -2.18. The van der Waals surface area contributed by atoms with E-state index in [1.54, 1.807) is 18.2 Å². The van der Waals surface area contributed by atoms with Crippen molar-refractivity contribution in [1.82, 2.24) is 0 Å². The average molecular weight is 305 g/mol. The van der Waals surface area contributed by atoms with Gasteiger partial charge in [0.05, 0.1) is 0 Å². The molecule has 0 aliphatic rings. The molecule has 0 spiro atoms. The van der Waals surface area contributed by atoms with Gasteiger partial charge in [-0.3, -0.25) is 0 Å². The molecule has 2 aromatic carbocycles. The highest BCUT2D eigenvalue weighted by Gasteiger charge is 2.09. The Bertz CT molecular complexity index is 665. The van der Waals surface area contributed by atoms with Crippen molar-refractivity contribution >= 4 is 17.6 Å². The fourth-order valence-corrected chi connectivity index (χ4v) is 2.11. The van der Waals surface area contributed by atoms with Crippen molar-refractivity contribution in [2.45, 2.75) is 20.8 Å². The Hall–Kier alpha value is -2.00. The first kappa shape index (κ1) is 15.4. The lowest BCUT2D eigenvalue weighted by molar-refractivity contribution is -0.136. The van der Waals surface area contributed by atoms with Gasteiger partial charge in [0.2, 0.25) is 0 Å². The van der Waals surface area contributed by atoms with E-state index >= 15 is 0 Å². The largest absolute Gasteiger partial charge is 0.482 e. The number of esters is 1. The number of rotatable bonds is 4.